The maximum absolute atomic E-state index is 3.53. The third kappa shape index (κ3) is 2.19. The summed E-state index contributed by atoms with van der Waals surface area (Å²) in [7, 11) is 2.12. The van der Waals surface area contributed by atoms with E-state index in [1.807, 2.05) is 19.9 Å². The van der Waals surface area contributed by atoms with Crippen LogP contribution in [0.25, 0.3) is 0 Å². The first-order valence-corrected chi connectivity index (χ1v) is 6.49. The lowest BCUT2D eigenvalue weighted by atomic mass is 10.1. The molecule has 1 atom stereocenters. The second-order valence-electron chi connectivity index (χ2n) is 4.09. The number of hydrogen-bond donors (Lipinski definition) is 1. The van der Waals surface area contributed by atoms with Crippen LogP contribution in [0, 0.1) is 0 Å². The van der Waals surface area contributed by atoms with E-state index < -0.39 is 0 Å². The van der Waals surface area contributed by atoms with Gasteiger partial charge in [0, 0.05) is 7.05 Å². The van der Waals surface area contributed by atoms with E-state index in [1.54, 1.807) is 0 Å². The van der Waals surface area contributed by atoms with Crippen molar-refractivity contribution in [1.82, 2.24) is 0 Å². The van der Waals surface area contributed by atoms with Crippen molar-refractivity contribution in [2.45, 2.75) is 20.0 Å². The molecule has 94 valence electrons. The van der Waals surface area contributed by atoms with Gasteiger partial charge in [-0.25, -0.2) is 0 Å². The van der Waals surface area contributed by atoms with Crippen LogP contribution in [0.1, 0.15) is 25.6 Å². The van der Waals surface area contributed by atoms with Crippen LogP contribution < -0.4 is 10.2 Å². The minimum atomic E-state index is 0.249. The Kier molecular flexibility index (Phi) is 3.88. The number of benzene rings is 2. The van der Waals surface area contributed by atoms with Crippen LogP contribution in [0.4, 0.5) is 11.4 Å². The fourth-order valence-corrected chi connectivity index (χ4v) is 2.23. The van der Waals surface area contributed by atoms with Crippen LogP contribution in [-0.4, -0.2) is 7.05 Å². The lowest BCUT2D eigenvalue weighted by molar-refractivity contribution is 0.792. The highest BCUT2D eigenvalue weighted by Crippen LogP contribution is 2.39. The van der Waals surface area contributed by atoms with E-state index in [4.69, 9.17) is 0 Å². The summed E-state index contributed by atoms with van der Waals surface area (Å²) in [6.07, 6.45) is 0.249. The molecule has 0 aromatic heterocycles. The Labute approximate surface area is 109 Å². The van der Waals surface area contributed by atoms with Crippen LogP contribution in [0.15, 0.2) is 54.6 Å². The summed E-state index contributed by atoms with van der Waals surface area (Å²) in [5.41, 5.74) is 3.76. The monoisotopic (exact) mass is 240 g/mol. The Morgan fingerprint density at radius 1 is 0.889 bits per heavy atom. The van der Waals surface area contributed by atoms with Crippen molar-refractivity contribution in [3.05, 3.63) is 60.2 Å². The van der Waals surface area contributed by atoms with Crippen molar-refractivity contribution in [2.24, 2.45) is 0 Å². The van der Waals surface area contributed by atoms with Gasteiger partial charge in [-0.15, -0.1) is 0 Å². The molecule has 1 heterocycles. The number of fused-ring (bicyclic) bond motifs is 1. The molecule has 0 spiro atoms. The first-order valence-electron chi connectivity index (χ1n) is 6.49. The molecule has 0 aliphatic carbocycles. The number of para-hydroxylation sites is 2. The summed E-state index contributed by atoms with van der Waals surface area (Å²) in [5, 5.41) is 3.53. The molecule has 1 aliphatic heterocycles. The van der Waals surface area contributed by atoms with Crippen molar-refractivity contribution in [2.75, 3.05) is 17.3 Å². The highest BCUT2D eigenvalue weighted by atomic mass is 15.3. The van der Waals surface area contributed by atoms with Crippen LogP contribution in [0.2, 0.25) is 0 Å². The smallest absolute Gasteiger partial charge is 0.125 e. The van der Waals surface area contributed by atoms with Crippen LogP contribution >= 0.6 is 0 Å². The van der Waals surface area contributed by atoms with Gasteiger partial charge in [-0.1, -0.05) is 56.3 Å². The van der Waals surface area contributed by atoms with E-state index in [9.17, 15) is 0 Å². The van der Waals surface area contributed by atoms with Gasteiger partial charge in [0.15, 0.2) is 0 Å². The lowest BCUT2D eigenvalue weighted by Crippen LogP contribution is -2.23. The van der Waals surface area contributed by atoms with E-state index in [0.29, 0.717) is 0 Å². The van der Waals surface area contributed by atoms with Crippen molar-refractivity contribution in [1.29, 1.82) is 0 Å². The standard InChI is InChI=1S/C14H14N2.C2H6/c1-16-13-10-6-5-9-12(13)15-14(16)11-7-3-2-4-8-11;1-2/h2-10,14-15H,1H3;1-2H3. The molecule has 1 N–H and O–H groups in total. The van der Waals surface area contributed by atoms with Crippen molar-refractivity contribution >= 4 is 11.4 Å². The van der Waals surface area contributed by atoms with E-state index in [2.05, 4.69) is 65.8 Å². The average molecular weight is 240 g/mol. The van der Waals surface area contributed by atoms with Crippen LogP contribution in [0.5, 0.6) is 0 Å². The third-order valence-corrected chi connectivity index (χ3v) is 3.08. The van der Waals surface area contributed by atoms with Crippen molar-refractivity contribution in [3.63, 3.8) is 0 Å². The molecule has 0 amide bonds. The highest BCUT2D eigenvalue weighted by molar-refractivity contribution is 5.76. The summed E-state index contributed by atoms with van der Waals surface area (Å²) in [6.45, 7) is 4.00. The molecule has 2 aromatic carbocycles. The zero-order valence-corrected chi connectivity index (χ0v) is 11.2. The Bertz CT molecular complexity index is 493. The Balaban J connectivity index is 0.000000574. The molecule has 3 rings (SSSR count). The molecule has 2 heteroatoms. The summed E-state index contributed by atoms with van der Waals surface area (Å²) in [4.78, 5) is 2.27. The topological polar surface area (TPSA) is 15.3 Å². The molecule has 0 saturated heterocycles. The second-order valence-corrected chi connectivity index (χ2v) is 4.09. The molecule has 0 radical (unpaired) electrons. The fraction of sp³-hybridized carbons (Fsp3) is 0.250. The van der Waals surface area contributed by atoms with Gasteiger partial charge in [-0.05, 0) is 17.7 Å². The molecule has 18 heavy (non-hydrogen) atoms. The average Bonchev–Trinajstić information content (AvgIpc) is 2.80. The predicted molar refractivity (Wildman–Crippen MR) is 79.0 cm³/mol. The van der Waals surface area contributed by atoms with Crippen molar-refractivity contribution < 1.29 is 0 Å². The normalized spacial score (nSPS) is 16.4. The van der Waals surface area contributed by atoms with Gasteiger partial charge in [-0.2, -0.15) is 0 Å². The molecule has 0 fully saturated rings. The number of rotatable bonds is 1. The maximum Gasteiger partial charge on any atom is 0.125 e. The zero-order valence-electron chi connectivity index (χ0n) is 11.2. The SMILES string of the molecule is CC.CN1c2ccccc2NC1c1ccccc1. The Morgan fingerprint density at radius 3 is 2.17 bits per heavy atom. The molecule has 0 saturated carbocycles. The molecule has 2 nitrogen and oxygen atoms in total. The van der Waals surface area contributed by atoms with Gasteiger partial charge in [0.1, 0.15) is 6.17 Å². The van der Waals surface area contributed by atoms with E-state index in [0.717, 1.165) is 0 Å². The summed E-state index contributed by atoms with van der Waals surface area (Å²) in [5.74, 6) is 0. The lowest BCUT2D eigenvalue weighted by Gasteiger charge is -2.22. The zero-order chi connectivity index (χ0) is 13.0. The first-order chi connectivity index (χ1) is 8.86. The van der Waals surface area contributed by atoms with Gasteiger partial charge in [0.2, 0.25) is 0 Å². The van der Waals surface area contributed by atoms with Crippen LogP contribution in [0.3, 0.4) is 0 Å². The molecular weight excluding hydrogens is 220 g/mol. The third-order valence-electron chi connectivity index (χ3n) is 3.08. The van der Waals surface area contributed by atoms with Gasteiger partial charge in [0.05, 0.1) is 11.4 Å². The van der Waals surface area contributed by atoms with E-state index >= 15 is 0 Å². The molecule has 1 aliphatic rings. The second kappa shape index (κ2) is 5.58. The number of anilines is 2. The minimum absolute atomic E-state index is 0.249. The fourth-order valence-electron chi connectivity index (χ4n) is 2.23. The Hall–Kier alpha value is -1.96. The molecule has 0 bridgehead atoms. The molecule has 1 unspecified atom stereocenters. The van der Waals surface area contributed by atoms with Crippen LogP contribution in [-0.2, 0) is 0 Å². The van der Waals surface area contributed by atoms with Crippen molar-refractivity contribution in [3.8, 4) is 0 Å². The predicted octanol–water partition coefficient (Wildman–Crippen LogP) is 4.27. The largest absolute Gasteiger partial charge is 0.360 e. The highest BCUT2D eigenvalue weighted by Gasteiger charge is 2.25. The summed E-state index contributed by atoms with van der Waals surface area (Å²) < 4.78 is 0. The van der Waals surface area contributed by atoms with Gasteiger partial charge in [-0.3, -0.25) is 0 Å². The summed E-state index contributed by atoms with van der Waals surface area (Å²) >= 11 is 0. The first kappa shape index (κ1) is 12.5. The van der Waals surface area contributed by atoms with Gasteiger partial charge >= 0.3 is 0 Å². The molecule has 2 aromatic rings. The van der Waals surface area contributed by atoms with E-state index in [1.165, 1.54) is 16.9 Å². The quantitative estimate of drug-likeness (QED) is 0.800. The van der Waals surface area contributed by atoms with Gasteiger partial charge in [0.25, 0.3) is 0 Å². The van der Waals surface area contributed by atoms with Gasteiger partial charge < -0.3 is 10.2 Å². The number of nitrogens with zero attached hydrogens (tertiary/aromatic N) is 1. The minimum Gasteiger partial charge on any atom is -0.360 e. The number of hydrogen-bond acceptors (Lipinski definition) is 2. The molecular formula is C16H20N2. The number of nitrogens with one attached hydrogen (secondary N) is 1. The maximum atomic E-state index is 3.53. The Morgan fingerprint density at radius 2 is 1.50 bits per heavy atom. The summed E-state index contributed by atoms with van der Waals surface area (Å²) in [6, 6.07) is 18.9. The van der Waals surface area contributed by atoms with E-state index in [-0.39, 0.29) is 6.17 Å².